The first-order valence-corrected chi connectivity index (χ1v) is 6.86. The summed E-state index contributed by atoms with van der Waals surface area (Å²) in [5, 5.41) is 0.554. The summed E-state index contributed by atoms with van der Waals surface area (Å²) in [5.41, 5.74) is 2.09. The molecule has 0 saturated heterocycles. The number of anilines is 2. The van der Waals surface area contributed by atoms with Crippen LogP contribution in [0.3, 0.4) is 0 Å². The lowest BCUT2D eigenvalue weighted by atomic mass is 10.2. The van der Waals surface area contributed by atoms with Gasteiger partial charge in [0.15, 0.2) is 5.90 Å². The first kappa shape index (κ1) is 13.6. The number of aliphatic imine (C=N–C) groups is 1. The molecule has 21 heavy (non-hydrogen) atoms. The molecule has 106 valence electrons. The van der Waals surface area contributed by atoms with Crippen molar-refractivity contribution >= 4 is 40.5 Å². The smallest absolute Gasteiger partial charge is 0.240 e. The van der Waals surface area contributed by atoms with Crippen LogP contribution in [0.1, 0.15) is 6.42 Å². The molecule has 0 saturated carbocycles. The van der Waals surface area contributed by atoms with Gasteiger partial charge in [-0.1, -0.05) is 29.8 Å². The van der Waals surface area contributed by atoms with Gasteiger partial charge in [0.1, 0.15) is 6.42 Å². The van der Waals surface area contributed by atoms with E-state index in [2.05, 4.69) is 4.99 Å². The van der Waals surface area contributed by atoms with Crippen LogP contribution in [0.25, 0.3) is 0 Å². The minimum absolute atomic E-state index is 0.109. The second-order valence-corrected chi connectivity index (χ2v) is 5.02. The summed E-state index contributed by atoms with van der Waals surface area (Å²) in [6.07, 6.45) is 0.109. The van der Waals surface area contributed by atoms with Gasteiger partial charge in [-0.05, 0) is 30.3 Å². The molecule has 0 aliphatic carbocycles. The molecular weight excluding hydrogens is 288 g/mol. The van der Waals surface area contributed by atoms with Crippen LogP contribution in [0.4, 0.5) is 17.1 Å². The topological polar surface area (TPSA) is 41.9 Å². The molecule has 1 aliphatic heterocycles. The Morgan fingerprint density at radius 1 is 1.19 bits per heavy atom. The largest absolute Gasteiger partial charge is 0.484 e. The van der Waals surface area contributed by atoms with Gasteiger partial charge < -0.3 is 4.74 Å². The predicted molar refractivity (Wildman–Crippen MR) is 83.8 cm³/mol. The van der Waals surface area contributed by atoms with Crippen LogP contribution in [-0.2, 0) is 9.53 Å². The fourth-order valence-corrected chi connectivity index (χ4v) is 2.43. The standard InChI is InChI=1S/C16H13ClN2O2/c1-21-15-10-16(20)19(12-5-3-2-4-6-12)14-9-11(17)7-8-13(14)18-15/h2-9H,10H2,1H3. The lowest BCUT2D eigenvalue weighted by molar-refractivity contribution is -0.116. The van der Waals surface area contributed by atoms with Crippen LogP contribution in [0.15, 0.2) is 53.5 Å². The summed E-state index contributed by atoms with van der Waals surface area (Å²) in [4.78, 5) is 18.6. The molecule has 1 heterocycles. The third-order valence-electron chi connectivity index (χ3n) is 3.23. The Morgan fingerprint density at radius 3 is 2.67 bits per heavy atom. The highest BCUT2D eigenvalue weighted by Crippen LogP contribution is 2.38. The molecule has 0 fully saturated rings. The number of carbonyl (C=O) groups is 1. The minimum atomic E-state index is -0.109. The van der Waals surface area contributed by atoms with E-state index in [4.69, 9.17) is 16.3 Å². The van der Waals surface area contributed by atoms with Crippen molar-refractivity contribution in [2.75, 3.05) is 12.0 Å². The van der Waals surface area contributed by atoms with E-state index in [0.717, 1.165) is 5.69 Å². The molecule has 5 heteroatoms. The third kappa shape index (κ3) is 2.62. The van der Waals surface area contributed by atoms with E-state index in [1.807, 2.05) is 30.3 Å². The van der Waals surface area contributed by atoms with Gasteiger partial charge >= 0.3 is 0 Å². The van der Waals surface area contributed by atoms with E-state index < -0.39 is 0 Å². The number of para-hydroxylation sites is 1. The molecule has 0 N–H and O–H groups in total. The Balaban J connectivity index is 2.19. The quantitative estimate of drug-likeness (QED) is 0.796. The Bertz CT molecular complexity index is 713. The van der Waals surface area contributed by atoms with Gasteiger partial charge in [0.2, 0.25) is 5.91 Å². The summed E-state index contributed by atoms with van der Waals surface area (Å²) in [6.45, 7) is 0. The normalized spacial score (nSPS) is 14.3. The van der Waals surface area contributed by atoms with E-state index in [9.17, 15) is 4.79 Å². The van der Waals surface area contributed by atoms with Crippen LogP contribution in [0, 0.1) is 0 Å². The van der Waals surface area contributed by atoms with Gasteiger partial charge in [-0.25, -0.2) is 4.99 Å². The van der Waals surface area contributed by atoms with Crippen molar-refractivity contribution in [1.82, 2.24) is 0 Å². The number of rotatable bonds is 1. The molecule has 2 aromatic carbocycles. The summed E-state index contributed by atoms with van der Waals surface area (Å²) in [6, 6.07) is 14.7. The first-order valence-electron chi connectivity index (χ1n) is 6.48. The van der Waals surface area contributed by atoms with Crippen molar-refractivity contribution in [2.24, 2.45) is 4.99 Å². The van der Waals surface area contributed by atoms with Gasteiger partial charge in [-0.2, -0.15) is 0 Å². The molecule has 0 unspecified atom stereocenters. The van der Waals surface area contributed by atoms with Crippen molar-refractivity contribution in [3.05, 3.63) is 53.6 Å². The van der Waals surface area contributed by atoms with Crippen molar-refractivity contribution in [1.29, 1.82) is 0 Å². The highest BCUT2D eigenvalue weighted by Gasteiger charge is 2.26. The number of amides is 1. The molecule has 1 aliphatic rings. The Labute approximate surface area is 127 Å². The van der Waals surface area contributed by atoms with Crippen LogP contribution in [0.5, 0.6) is 0 Å². The molecule has 1 amide bonds. The van der Waals surface area contributed by atoms with E-state index in [1.54, 1.807) is 23.1 Å². The average molecular weight is 301 g/mol. The molecule has 4 nitrogen and oxygen atoms in total. The van der Waals surface area contributed by atoms with Crippen LogP contribution in [-0.4, -0.2) is 18.9 Å². The maximum atomic E-state index is 12.6. The van der Waals surface area contributed by atoms with Crippen LogP contribution < -0.4 is 4.90 Å². The zero-order chi connectivity index (χ0) is 14.8. The molecule has 0 radical (unpaired) electrons. The fourth-order valence-electron chi connectivity index (χ4n) is 2.26. The zero-order valence-corrected chi connectivity index (χ0v) is 12.2. The number of benzene rings is 2. The van der Waals surface area contributed by atoms with E-state index in [-0.39, 0.29) is 12.3 Å². The third-order valence-corrected chi connectivity index (χ3v) is 3.46. The highest BCUT2D eigenvalue weighted by molar-refractivity contribution is 6.31. The summed E-state index contributed by atoms with van der Waals surface area (Å²) in [7, 11) is 1.51. The SMILES string of the molecule is COC1=Nc2ccc(Cl)cc2N(c2ccccc2)C(=O)C1. The monoisotopic (exact) mass is 300 g/mol. The number of hydrogen-bond donors (Lipinski definition) is 0. The lowest BCUT2D eigenvalue weighted by Gasteiger charge is -2.22. The predicted octanol–water partition coefficient (Wildman–Crippen LogP) is 4.08. The van der Waals surface area contributed by atoms with Crippen molar-refractivity contribution in [3.8, 4) is 0 Å². The summed E-state index contributed by atoms with van der Waals surface area (Å²) < 4.78 is 5.18. The van der Waals surface area contributed by atoms with Gasteiger partial charge in [-0.3, -0.25) is 9.69 Å². The van der Waals surface area contributed by atoms with Crippen molar-refractivity contribution in [2.45, 2.75) is 6.42 Å². The van der Waals surface area contributed by atoms with Crippen LogP contribution >= 0.6 is 11.6 Å². The number of methoxy groups -OCH3 is 1. The molecule has 0 bridgehead atoms. The zero-order valence-electron chi connectivity index (χ0n) is 11.4. The maximum Gasteiger partial charge on any atom is 0.240 e. The molecule has 0 spiro atoms. The minimum Gasteiger partial charge on any atom is -0.484 e. The second-order valence-electron chi connectivity index (χ2n) is 4.58. The van der Waals surface area contributed by atoms with E-state index in [1.165, 1.54) is 7.11 Å². The molecule has 0 aromatic heterocycles. The molecule has 2 aromatic rings. The van der Waals surface area contributed by atoms with Crippen LogP contribution in [0.2, 0.25) is 5.02 Å². The van der Waals surface area contributed by atoms with E-state index in [0.29, 0.717) is 22.3 Å². The van der Waals surface area contributed by atoms with Gasteiger partial charge in [0, 0.05) is 10.7 Å². The molecule has 3 rings (SSSR count). The van der Waals surface area contributed by atoms with Gasteiger partial charge in [0.25, 0.3) is 0 Å². The van der Waals surface area contributed by atoms with Crippen molar-refractivity contribution in [3.63, 3.8) is 0 Å². The second kappa shape index (κ2) is 5.58. The first-order chi connectivity index (χ1) is 10.2. The average Bonchev–Trinajstić information content (AvgIpc) is 2.63. The Kier molecular flexibility index (Phi) is 3.62. The highest BCUT2D eigenvalue weighted by atomic mass is 35.5. The number of carbonyl (C=O) groups excluding carboxylic acids is 1. The Morgan fingerprint density at radius 2 is 1.95 bits per heavy atom. The van der Waals surface area contributed by atoms with Crippen molar-refractivity contribution < 1.29 is 9.53 Å². The van der Waals surface area contributed by atoms with Gasteiger partial charge in [-0.15, -0.1) is 0 Å². The summed E-state index contributed by atoms with van der Waals surface area (Å²) in [5.74, 6) is 0.282. The van der Waals surface area contributed by atoms with E-state index >= 15 is 0 Å². The fraction of sp³-hybridized carbons (Fsp3) is 0.125. The number of fused-ring (bicyclic) bond motifs is 1. The number of halogens is 1. The molecular formula is C16H13ClN2O2. The van der Waals surface area contributed by atoms with Gasteiger partial charge in [0.05, 0.1) is 18.5 Å². The molecule has 0 atom stereocenters. The number of hydrogen-bond acceptors (Lipinski definition) is 3. The maximum absolute atomic E-state index is 12.6. The number of ether oxygens (including phenoxy) is 1. The lowest BCUT2D eigenvalue weighted by Crippen LogP contribution is -2.26. The summed E-state index contributed by atoms with van der Waals surface area (Å²) >= 11 is 6.08. The number of nitrogens with zero attached hydrogens (tertiary/aromatic N) is 2. The Hall–Kier alpha value is -2.33.